The van der Waals surface area contributed by atoms with Crippen LogP contribution in [-0.2, 0) is 13.0 Å². The van der Waals surface area contributed by atoms with Crippen LogP contribution in [0, 0.1) is 5.92 Å². The van der Waals surface area contributed by atoms with Crippen LogP contribution in [-0.4, -0.2) is 31.1 Å². The van der Waals surface area contributed by atoms with Gasteiger partial charge in [0.1, 0.15) is 0 Å². The minimum Gasteiger partial charge on any atom is -0.316 e. The molecule has 0 saturated carbocycles. The summed E-state index contributed by atoms with van der Waals surface area (Å²) in [5.74, 6) is 0.924. The van der Waals surface area contributed by atoms with Crippen LogP contribution in [0.3, 0.4) is 0 Å². The Bertz CT molecular complexity index is 355. The highest BCUT2D eigenvalue weighted by Gasteiger charge is 2.19. The van der Waals surface area contributed by atoms with Gasteiger partial charge in [-0.05, 0) is 68.2 Å². The minimum absolute atomic E-state index is 0.924. The minimum atomic E-state index is 0.924. The fourth-order valence-corrected chi connectivity index (χ4v) is 3.92. The van der Waals surface area contributed by atoms with E-state index in [2.05, 4.69) is 21.7 Å². The lowest BCUT2D eigenvalue weighted by molar-refractivity contribution is 0.223. The van der Waals surface area contributed by atoms with E-state index in [4.69, 9.17) is 0 Å². The second-order valence-electron chi connectivity index (χ2n) is 5.40. The summed E-state index contributed by atoms with van der Waals surface area (Å²) in [6, 6.07) is 2.31. The van der Waals surface area contributed by atoms with E-state index in [0.717, 1.165) is 5.92 Å². The molecule has 1 unspecified atom stereocenters. The molecule has 1 N–H and O–H groups in total. The van der Waals surface area contributed by atoms with Gasteiger partial charge in [0.2, 0.25) is 0 Å². The molecule has 1 aromatic rings. The number of fused-ring (bicyclic) bond motifs is 1. The molecule has 0 amide bonds. The highest BCUT2D eigenvalue weighted by atomic mass is 32.1. The molecule has 0 aliphatic carbocycles. The number of nitrogens with zero attached hydrogens (tertiary/aromatic N) is 1. The summed E-state index contributed by atoms with van der Waals surface area (Å²) in [6.45, 7) is 6.24. The van der Waals surface area contributed by atoms with Gasteiger partial charge in [0.25, 0.3) is 0 Å². The van der Waals surface area contributed by atoms with Crippen LogP contribution in [0.1, 0.15) is 29.7 Å². The van der Waals surface area contributed by atoms with Gasteiger partial charge in [-0.3, -0.25) is 4.90 Å². The quantitative estimate of drug-likeness (QED) is 0.886. The summed E-state index contributed by atoms with van der Waals surface area (Å²) in [5.41, 5.74) is 1.59. The zero-order valence-electron chi connectivity index (χ0n) is 10.5. The van der Waals surface area contributed by atoms with Crippen LogP contribution in [0.25, 0.3) is 0 Å². The molecule has 0 radical (unpaired) electrons. The fraction of sp³-hybridized carbons (Fsp3) is 0.714. The number of rotatable bonds is 3. The number of thiophene rings is 1. The van der Waals surface area contributed by atoms with Crippen LogP contribution >= 0.6 is 11.3 Å². The molecular weight excluding hydrogens is 228 g/mol. The highest BCUT2D eigenvalue weighted by molar-refractivity contribution is 7.10. The first-order valence-electron chi connectivity index (χ1n) is 6.90. The van der Waals surface area contributed by atoms with Gasteiger partial charge in [-0.1, -0.05) is 0 Å². The Kier molecular flexibility index (Phi) is 3.79. The number of hydrogen-bond donors (Lipinski definition) is 1. The summed E-state index contributed by atoms with van der Waals surface area (Å²) < 4.78 is 0. The zero-order chi connectivity index (χ0) is 11.5. The Balaban J connectivity index is 1.47. The van der Waals surface area contributed by atoms with E-state index in [9.17, 15) is 0 Å². The number of piperidine rings is 1. The second kappa shape index (κ2) is 5.51. The third-order valence-electron chi connectivity index (χ3n) is 4.14. The van der Waals surface area contributed by atoms with E-state index in [1.54, 1.807) is 10.4 Å². The fourth-order valence-electron chi connectivity index (χ4n) is 3.03. The standard InChI is InChI=1S/C14H22N2S/c1-2-12(10-15-6-1)3-7-16-8-4-14-13(11-16)5-9-17-14/h5,9,12,15H,1-4,6-8,10-11H2. The van der Waals surface area contributed by atoms with Crippen molar-refractivity contribution in [2.24, 2.45) is 5.92 Å². The second-order valence-corrected chi connectivity index (χ2v) is 6.40. The predicted molar refractivity (Wildman–Crippen MR) is 73.5 cm³/mol. The van der Waals surface area contributed by atoms with Crippen LogP contribution in [0.5, 0.6) is 0 Å². The summed E-state index contributed by atoms with van der Waals surface area (Å²) in [6.07, 6.45) is 5.46. The van der Waals surface area contributed by atoms with E-state index in [1.165, 1.54) is 58.4 Å². The van der Waals surface area contributed by atoms with Gasteiger partial charge in [0.15, 0.2) is 0 Å². The van der Waals surface area contributed by atoms with E-state index < -0.39 is 0 Å². The molecule has 1 fully saturated rings. The van der Waals surface area contributed by atoms with Crippen molar-refractivity contribution in [1.29, 1.82) is 0 Å². The topological polar surface area (TPSA) is 15.3 Å². The number of nitrogens with one attached hydrogen (secondary N) is 1. The Morgan fingerprint density at radius 3 is 3.35 bits per heavy atom. The van der Waals surface area contributed by atoms with Crippen LogP contribution in [0.15, 0.2) is 11.4 Å². The Hall–Kier alpha value is -0.380. The molecule has 3 rings (SSSR count). The lowest BCUT2D eigenvalue weighted by Crippen LogP contribution is -2.35. The molecule has 1 atom stereocenters. The maximum Gasteiger partial charge on any atom is 0.0244 e. The lowest BCUT2D eigenvalue weighted by Gasteiger charge is -2.29. The summed E-state index contributed by atoms with van der Waals surface area (Å²) >= 11 is 1.94. The Labute approximate surface area is 108 Å². The maximum absolute atomic E-state index is 3.52. The first kappa shape index (κ1) is 11.7. The lowest BCUT2D eigenvalue weighted by atomic mass is 9.95. The first-order chi connectivity index (χ1) is 8.42. The van der Waals surface area contributed by atoms with Gasteiger partial charge in [-0.15, -0.1) is 11.3 Å². The Morgan fingerprint density at radius 1 is 1.47 bits per heavy atom. The predicted octanol–water partition coefficient (Wildman–Crippen LogP) is 2.50. The van der Waals surface area contributed by atoms with E-state index in [1.807, 2.05) is 11.3 Å². The van der Waals surface area contributed by atoms with Crippen molar-refractivity contribution in [3.05, 3.63) is 21.9 Å². The average molecular weight is 250 g/mol. The Morgan fingerprint density at radius 2 is 2.47 bits per heavy atom. The maximum atomic E-state index is 3.52. The molecule has 2 nitrogen and oxygen atoms in total. The molecule has 94 valence electrons. The molecule has 0 aromatic carbocycles. The SMILES string of the molecule is c1cc2c(s1)CCN(CCC1CCCNC1)C2. The third-order valence-corrected chi connectivity index (χ3v) is 5.16. The summed E-state index contributed by atoms with van der Waals surface area (Å²) in [4.78, 5) is 4.27. The molecular formula is C14H22N2S. The number of hydrogen-bond acceptors (Lipinski definition) is 3. The highest BCUT2D eigenvalue weighted by Crippen LogP contribution is 2.24. The van der Waals surface area contributed by atoms with Gasteiger partial charge < -0.3 is 5.32 Å². The molecule has 2 aliphatic heterocycles. The third kappa shape index (κ3) is 2.90. The molecule has 17 heavy (non-hydrogen) atoms. The van der Waals surface area contributed by atoms with Crippen molar-refractivity contribution in [3.63, 3.8) is 0 Å². The van der Waals surface area contributed by atoms with Gasteiger partial charge >= 0.3 is 0 Å². The van der Waals surface area contributed by atoms with E-state index >= 15 is 0 Å². The molecule has 1 saturated heterocycles. The van der Waals surface area contributed by atoms with Crippen molar-refractivity contribution in [3.8, 4) is 0 Å². The van der Waals surface area contributed by atoms with Crippen LogP contribution < -0.4 is 5.32 Å². The van der Waals surface area contributed by atoms with Gasteiger partial charge in [0.05, 0.1) is 0 Å². The van der Waals surface area contributed by atoms with Gasteiger partial charge in [-0.25, -0.2) is 0 Å². The molecule has 0 bridgehead atoms. The van der Waals surface area contributed by atoms with Crippen molar-refractivity contribution in [2.75, 3.05) is 26.2 Å². The van der Waals surface area contributed by atoms with E-state index in [0.29, 0.717) is 0 Å². The van der Waals surface area contributed by atoms with Gasteiger partial charge in [0, 0.05) is 18.0 Å². The van der Waals surface area contributed by atoms with Crippen molar-refractivity contribution in [2.45, 2.75) is 32.2 Å². The normalized spacial score (nSPS) is 25.8. The summed E-state index contributed by atoms with van der Waals surface area (Å²) in [7, 11) is 0. The molecule has 2 aliphatic rings. The van der Waals surface area contributed by atoms with Crippen LogP contribution in [0.4, 0.5) is 0 Å². The molecule has 3 heteroatoms. The van der Waals surface area contributed by atoms with Crippen molar-refractivity contribution in [1.82, 2.24) is 10.2 Å². The molecule has 3 heterocycles. The van der Waals surface area contributed by atoms with Crippen molar-refractivity contribution < 1.29 is 0 Å². The van der Waals surface area contributed by atoms with E-state index in [-0.39, 0.29) is 0 Å². The molecule has 0 spiro atoms. The van der Waals surface area contributed by atoms with Crippen molar-refractivity contribution >= 4 is 11.3 Å². The zero-order valence-corrected chi connectivity index (χ0v) is 11.3. The smallest absolute Gasteiger partial charge is 0.0244 e. The average Bonchev–Trinajstić information content (AvgIpc) is 2.85. The molecule has 1 aromatic heterocycles. The monoisotopic (exact) mass is 250 g/mol. The largest absolute Gasteiger partial charge is 0.316 e. The first-order valence-corrected chi connectivity index (χ1v) is 7.78. The van der Waals surface area contributed by atoms with Gasteiger partial charge in [-0.2, -0.15) is 0 Å². The van der Waals surface area contributed by atoms with Crippen LogP contribution in [0.2, 0.25) is 0 Å². The summed E-state index contributed by atoms with van der Waals surface area (Å²) in [5, 5.41) is 5.77.